The van der Waals surface area contributed by atoms with Crippen LogP contribution in [0.5, 0.6) is 0 Å². The van der Waals surface area contributed by atoms with E-state index in [-0.39, 0.29) is 12.3 Å². The predicted octanol–water partition coefficient (Wildman–Crippen LogP) is 5.53. The monoisotopic (exact) mass is 494 g/mol. The van der Waals surface area contributed by atoms with Gasteiger partial charge in [0.25, 0.3) is 0 Å². The number of carbonyl (C=O) groups is 1. The molecule has 0 spiro atoms. The van der Waals surface area contributed by atoms with E-state index in [1.807, 2.05) is 42.5 Å². The van der Waals surface area contributed by atoms with Crippen LogP contribution in [-0.4, -0.2) is 42.2 Å². The smallest absolute Gasteiger partial charge is 0.224 e. The summed E-state index contributed by atoms with van der Waals surface area (Å²) in [6.45, 7) is 3.21. The number of aryl methyl sites for hydroxylation is 1. The fourth-order valence-electron chi connectivity index (χ4n) is 3.68. The number of morpholine rings is 1. The van der Waals surface area contributed by atoms with Crippen molar-refractivity contribution in [1.29, 1.82) is 0 Å². The number of hydrogen-bond donors (Lipinski definition) is 1. The van der Waals surface area contributed by atoms with Crippen LogP contribution in [0.1, 0.15) is 12.3 Å². The Labute approximate surface area is 206 Å². The van der Waals surface area contributed by atoms with E-state index < -0.39 is 0 Å². The van der Waals surface area contributed by atoms with Crippen molar-refractivity contribution in [3.05, 3.63) is 71.0 Å². The molecule has 0 bridgehead atoms. The summed E-state index contributed by atoms with van der Waals surface area (Å²) in [6.07, 6.45) is 2.30. The van der Waals surface area contributed by atoms with E-state index >= 15 is 0 Å². The Hall–Kier alpha value is -3.20. The molecule has 174 valence electrons. The average Bonchev–Trinajstić information content (AvgIpc) is 3.55. The Morgan fingerprint density at radius 3 is 2.71 bits per heavy atom. The minimum Gasteiger partial charge on any atom is -0.441 e. The van der Waals surface area contributed by atoms with Gasteiger partial charge in [0.2, 0.25) is 5.91 Å². The zero-order valence-electron chi connectivity index (χ0n) is 18.4. The average molecular weight is 495 g/mol. The Morgan fingerprint density at radius 1 is 1.12 bits per heavy atom. The lowest BCUT2D eigenvalue weighted by atomic mass is 10.1. The van der Waals surface area contributed by atoms with E-state index in [1.165, 1.54) is 0 Å². The predicted molar refractivity (Wildman–Crippen MR) is 134 cm³/mol. The molecule has 0 radical (unpaired) electrons. The summed E-state index contributed by atoms with van der Waals surface area (Å²) < 4.78 is 11.2. The maximum Gasteiger partial charge on any atom is 0.224 e. The van der Waals surface area contributed by atoms with Crippen LogP contribution in [0.15, 0.2) is 64.5 Å². The molecule has 1 fully saturated rings. The third kappa shape index (κ3) is 5.30. The lowest BCUT2D eigenvalue weighted by Crippen LogP contribution is -2.36. The molecule has 1 saturated heterocycles. The van der Waals surface area contributed by atoms with Crippen molar-refractivity contribution in [3.63, 3.8) is 0 Å². The van der Waals surface area contributed by atoms with E-state index in [1.54, 1.807) is 23.6 Å². The zero-order chi connectivity index (χ0) is 23.3. The van der Waals surface area contributed by atoms with Crippen molar-refractivity contribution in [1.82, 2.24) is 9.97 Å². The van der Waals surface area contributed by atoms with Gasteiger partial charge in [-0.05, 0) is 24.3 Å². The van der Waals surface area contributed by atoms with Gasteiger partial charge in [0, 0.05) is 48.1 Å². The molecule has 0 atom stereocenters. The molecular weight excluding hydrogens is 472 g/mol. The van der Waals surface area contributed by atoms with Crippen LogP contribution in [0.2, 0.25) is 5.02 Å². The standard InChI is InChI=1S/C25H23ClN4O3S/c26-20-4-2-1-3-19(20)22-15-27-24(33-22)10-9-23(31)28-18-7-5-17(6-8-18)21-16-34-25(29-21)30-11-13-32-14-12-30/h1-8,15-16H,9-14H2,(H,28,31). The second-order valence-corrected chi connectivity index (χ2v) is 9.08. The van der Waals surface area contributed by atoms with Crippen molar-refractivity contribution in [2.45, 2.75) is 12.8 Å². The number of anilines is 2. The van der Waals surface area contributed by atoms with Gasteiger partial charge in [0.15, 0.2) is 16.8 Å². The van der Waals surface area contributed by atoms with Gasteiger partial charge in [0.05, 0.1) is 30.1 Å². The van der Waals surface area contributed by atoms with Gasteiger partial charge >= 0.3 is 0 Å². The molecule has 4 aromatic rings. The first-order valence-corrected chi connectivity index (χ1v) is 12.3. The van der Waals surface area contributed by atoms with E-state index in [9.17, 15) is 4.79 Å². The van der Waals surface area contributed by atoms with Crippen molar-refractivity contribution >= 4 is 39.7 Å². The molecule has 3 heterocycles. The number of aromatic nitrogens is 2. The molecule has 5 rings (SSSR count). The zero-order valence-corrected chi connectivity index (χ0v) is 19.9. The molecular formula is C25H23ClN4O3S. The van der Waals surface area contributed by atoms with Crippen LogP contribution in [0, 0.1) is 0 Å². The summed E-state index contributed by atoms with van der Waals surface area (Å²) >= 11 is 7.85. The maximum atomic E-state index is 12.4. The quantitative estimate of drug-likeness (QED) is 0.364. The molecule has 1 aliphatic rings. The number of amides is 1. The van der Waals surface area contributed by atoms with Gasteiger partial charge < -0.3 is 19.4 Å². The minimum atomic E-state index is -0.103. The summed E-state index contributed by atoms with van der Waals surface area (Å²) in [7, 11) is 0. The Balaban J connectivity index is 1.15. The Kier molecular flexibility index (Phi) is 6.89. The highest BCUT2D eigenvalue weighted by Crippen LogP contribution is 2.29. The van der Waals surface area contributed by atoms with Crippen LogP contribution in [0.25, 0.3) is 22.6 Å². The van der Waals surface area contributed by atoms with Gasteiger partial charge in [-0.25, -0.2) is 9.97 Å². The van der Waals surface area contributed by atoms with E-state index in [2.05, 4.69) is 20.6 Å². The van der Waals surface area contributed by atoms with Gasteiger partial charge in [-0.1, -0.05) is 35.9 Å². The summed E-state index contributed by atoms with van der Waals surface area (Å²) in [5.41, 5.74) is 3.47. The minimum absolute atomic E-state index is 0.103. The maximum absolute atomic E-state index is 12.4. The van der Waals surface area contributed by atoms with E-state index in [4.69, 9.17) is 25.7 Å². The number of ether oxygens (including phenoxy) is 1. The van der Waals surface area contributed by atoms with Gasteiger partial charge in [-0.15, -0.1) is 11.3 Å². The lowest BCUT2D eigenvalue weighted by molar-refractivity contribution is -0.116. The van der Waals surface area contributed by atoms with Crippen molar-refractivity contribution in [2.75, 3.05) is 36.5 Å². The molecule has 0 aliphatic carbocycles. The largest absolute Gasteiger partial charge is 0.441 e. The normalized spacial score (nSPS) is 13.7. The van der Waals surface area contributed by atoms with Crippen LogP contribution >= 0.6 is 22.9 Å². The number of rotatable bonds is 7. The van der Waals surface area contributed by atoms with Crippen molar-refractivity contribution in [2.24, 2.45) is 0 Å². The van der Waals surface area contributed by atoms with Crippen LogP contribution < -0.4 is 10.2 Å². The van der Waals surface area contributed by atoms with Crippen molar-refractivity contribution in [3.8, 4) is 22.6 Å². The molecule has 0 saturated carbocycles. The molecule has 9 heteroatoms. The highest BCUT2D eigenvalue weighted by molar-refractivity contribution is 7.14. The van der Waals surface area contributed by atoms with Gasteiger partial charge in [-0.2, -0.15) is 0 Å². The number of hydrogen-bond acceptors (Lipinski definition) is 7. The fourth-order valence-corrected chi connectivity index (χ4v) is 4.79. The number of nitrogens with one attached hydrogen (secondary N) is 1. The van der Waals surface area contributed by atoms with Crippen LogP contribution in [0.4, 0.5) is 10.8 Å². The number of oxazole rings is 1. The molecule has 1 aliphatic heterocycles. The number of benzene rings is 2. The fraction of sp³-hybridized carbons (Fsp3) is 0.240. The van der Waals surface area contributed by atoms with E-state index in [0.717, 1.165) is 53.9 Å². The summed E-state index contributed by atoms with van der Waals surface area (Å²) in [5, 5.41) is 6.60. The summed E-state index contributed by atoms with van der Waals surface area (Å²) in [5.74, 6) is 0.990. The highest BCUT2D eigenvalue weighted by atomic mass is 35.5. The molecule has 2 aromatic carbocycles. The second-order valence-electron chi connectivity index (χ2n) is 7.84. The molecule has 7 nitrogen and oxygen atoms in total. The third-order valence-corrected chi connectivity index (χ3v) is 6.73. The van der Waals surface area contributed by atoms with Crippen LogP contribution in [-0.2, 0) is 16.0 Å². The van der Waals surface area contributed by atoms with E-state index in [0.29, 0.717) is 23.1 Å². The van der Waals surface area contributed by atoms with Gasteiger partial charge in [-0.3, -0.25) is 4.79 Å². The first kappa shape index (κ1) is 22.6. The Morgan fingerprint density at radius 2 is 1.91 bits per heavy atom. The summed E-state index contributed by atoms with van der Waals surface area (Å²) in [4.78, 5) is 23.7. The SMILES string of the molecule is O=C(CCc1ncc(-c2ccccc2Cl)o1)Nc1ccc(-c2csc(N3CCOCC3)n2)cc1. The topological polar surface area (TPSA) is 80.5 Å². The molecule has 34 heavy (non-hydrogen) atoms. The highest BCUT2D eigenvalue weighted by Gasteiger charge is 2.15. The first-order valence-electron chi connectivity index (χ1n) is 11.0. The molecule has 2 aromatic heterocycles. The summed E-state index contributed by atoms with van der Waals surface area (Å²) in [6, 6.07) is 15.1. The van der Waals surface area contributed by atoms with Crippen LogP contribution in [0.3, 0.4) is 0 Å². The van der Waals surface area contributed by atoms with Crippen molar-refractivity contribution < 1.29 is 13.9 Å². The molecule has 1 amide bonds. The number of nitrogens with zero attached hydrogens (tertiary/aromatic N) is 3. The number of halogens is 1. The lowest BCUT2D eigenvalue weighted by Gasteiger charge is -2.26. The Bertz CT molecular complexity index is 1270. The van der Waals surface area contributed by atoms with Gasteiger partial charge in [0.1, 0.15) is 0 Å². The second kappa shape index (κ2) is 10.4. The number of thiazole rings is 1. The molecule has 0 unspecified atom stereocenters. The number of carbonyl (C=O) groups excluding carboxylic acids is 1. The third-order valence-electron chi connectivity index (χ3n) is 5.50. The molecule has 1 N–H and O–H groups in total. The first-order chi connectivity index (χ1) is 16.7.